The number of rotatable bonds is 3. The van der Waals surface area contributed by atoms with Gasteiger partial charge in [0.25, 0.3) is 5.69 Å². The quantitative estimate of drug-likeness (QED) is 0.582. The summed E-state index contributed by atoms with van der Waals surface area (Å²) < 4.78 is 6.46. The van der Waals surface area contributed by atoms with Crippen molar-refractivity contribution in [1.29, 1.82) is 0 Å². The molecule has 1 aromatic carbocycles. The lowest BCUT2D eigenvalue weighted by atomic mass is 10.2. The predicted molar refractivity (Wildman–Crippen MR) is 56.8 cm³/mol. The smallest absolute Gasteiger partial charge is 0.295 e. The van der Waals surface area contributed by atoms with E-state index in [1.54, 1.807) is 30.6 Å². The fourth-order valence-corrected chi connectivity index (χ4v) is 1.38. The fourth-order valence-electron chi connectivity index (χ4n) is 1.38. The summed E-state index contributed by atoms with van der Waals surface area (Å²) in [5.41, 5.74) is 0.374. The Morgan fingerprint density at radius 2 is 2.31 bits per heavy atom. The Morgan fingerprint density at radius 1 is 1.50 bits per heavy atom. The molecule has 0 unspecified atom stereocenters. The lowest BCUT2D eigenvalue weighted by Gasteiger charge is -2.05. The molecular weight excluding hydrogens is 210 g/mol. The van der Waals surface area contributed by atoms with Crippen molar-refractivity contribution in [3.63, 3.8) is 0 Å². The van der Waals surface area contributed by atoms with Gasteiger partial charge in [-0.25, -0.2) is 4.68 Å². The molecular formula is C10H9N3O3. The molecule has 1 heterocycles. The molecule has 0 fully saturated rings. The Labute approximate surface area is 91.2 Å². The van der Waals surface area contributed by atoms with Gasteiger partial charge in [0.1, 0.15) is 11.4 Å². The van der Waals surface area contributed by atoms with Gasteiger partial charge >= 0.3 is 0 Å². The van der Waals surface area contributed by atoms with Crippen LogP contribution < -0.4 is 4.74 Å². The van der Waals surface area contributed by atoms with E-state index >= 15 is 0 Å². The van der Waals surface area contributed by atoms with E-state index in [1.165, 1.54) is 17.9 Å². The zero-order valence-electron chi connectivity index (χ0n) is 8.53. The highest BCUT2D eigenvalue weighted by atomic mass is 16.6. The fraction of sp³-hybridized carbons (Fsp3) is 0.100. The zero-order chi connectivity index (χ0) is 11.5. The van der Waals surface area contributed by atoms with Crippen LogP contribution in [-0.2, 0) is 0 Å². The number of aromatic nitrogens is 2. The highest BCUT2D eigenvalue weighted by molar-refractivity contribution is 5.55. The van der Waals surface area contributed by atoms with E-state index < -0.39 is 4.92 Å². The van der Waals surface area contributed by atoms with Gasteiger partial charge in [-0.05, 0) is 12.1 Å². The molecule has 16 heavy (non-hydrogen) atoms. The number of methoxy groups -OCH3 is 1. The van der Waals surface area contributed by atoms with Gasteiger partial charge in [-0.2, -0.15) is 5.10 Å². The van der Waals surface area contributed by atoms with Crippen LogP contribution in [0.2, 0.25) is 0 Å². The third-order valence-corrected chi connectivity index (χ3v) is 2.13. The first-order valence-electron chi connectivity index (χ1n) is 4.55. The summed E-state index contributed by atoms with van der Waals surface area (Å²) in [6, 6.07) is 6.22. The van der Waals surface area contributed by atoms with Crippen LogP contribution in [0.25, 0.3) is 5.69 Å². The molecule has 0 aliphatic rings. The summed E-state index contributed by atoms with van der Waals surface area (Å²) in [4.78, 5) is 10.4. The molecule has 1 aromatic heterocycles. The van der Waals surface area contributed by atoms with Crippen molar-refractivity contribution in [2.45, 2.75) is 0 Å². The van der Waals surface area contributed by atoms with Crippen molar-refractivity contribution in [2.75, 3.05) is 7.11 Å². The molecule has 0 N–H and O–H groups in total. The van der Waals surface area contributed by atoms with Crippen molar-refractivity contribution in [1.82, 2.24) is 9.78 Å². The minimum atomic E-state index is -0.448. The van der Waals surface area contributed by atoms with Crippen molar-refractivity contribution < 1.29 is 9.66 Å². The average molecular weight is 219 g/mol. The lowest BCUT2D eigenvalue weighted by Crippen LogP contribution is -2.01. The standard InChI is InChI=1S/C10H9N3O3/c1-16-8-3-4-9(13(14)15)10(7-8)12-6-2-5-11-12/h2-7H,1H3. The van der Waals surface area contributed by atoms with Gasteiger partial charge in [-0.3, -0.25) is 10.1 Å². The second-order valence-corrected chi connectivity index (χ2v) is 3.06. The summed E-state index contributed by atoms with van der Waals surface area (Å²) in [6.45, 7) is 0. The van der Waals surface area contributed by atoms with Crippen molar-refractivity contribution in [2.24, 2.45) is 0 Å². The molecule has 0 bridgehead atoms. The van der Waals surface area contributed by atoms with Gasteiger partial charge in [-0.15, -0.1) is 0 Å². The van der Waals surface area contributed by atoms with Gasteiger partial charge in [-0.1, -0.05) is 0 Å². The van der Waals surface area contributed by atoms with E-state index in [2.05, 4.69) is 5.10 Å². The van der Waals surface area contributed by atoms with Crippen LogP contribution in [0, 0.1) is 10.1 Å². The minimum absolute atomic E-state index is 0.00972. The van der Waals surface area contributed by atoms with Crippen LogP contribution in [0.3, 0.4) is 0 Å². The van der Waals surface area contributed by atoms with E-state index in [0.29, 0.717) is 11.4 Å². The molecule has 0 saturated heterocycles. The van der Waals surface area contributed by atoms with E-state index in [-0.39, 0.29) is 5.69 Å². The molecule has 0 spiro atoms. The maximum Gasteiger partial charge on any atom is 0.295 e. The second-order valence-electron chi connectivity index (χ2n) is 3.06. The van der Waals surface area contributed by atoms with E-state index in [1.807, 2.05) is 0 Å². The second kappa shape index (κ2) is 4.01. The number of nitro groups is 1. The molecule has 0 saturated carbocycles. The molecule has 0 atom stereocenters. The monoisotopic (exact) mass is 219 g/mol. The molecule has 0 amide bonds. The number of nitro benzene ring substituents is 1. The zero-order valence-corrected chi connectivity index (χ0v) is 8.53. The minimum Gasteiger partial charge on any atom is -0.497 e. The third-order valence-electron chi connectivity index (χ3n) is 2.13. The Morgan fingerprint density at radius 3 is 2.88 bits per heavy atom. The summed E-state index contributed by atoms with van der Waals surface area (Å²) in [5.74, 6) is 0.552. The number of hydrogen-bond acceptors (Lipinski definition) is 4. The first kappa shape index (κ1) is 10.2. The van der Waals surface area contributed by atoms with Gasteiger partial charge in [0.15, 0.2) is 0 Å². The molecule has 6 heteroatoms. The lowest BCUT2D eigenvalue weighted by molar-refractivity contribution is -0.384. The topological polar surface area (TPSA) is 70.2 Å². The Bertz CT molecular complexity index is 508. The molecule has 0 aliphatic carbocycles. The SMILES string of the molecule is COc1ccc([N+](=O)[O-])c(-n2cccn2)c1. The predicted octanol–water partition coefficient (Wildman–Crippen LogP) is 1.79. The number of hydrogen-bond donors (Lipinski definition) is 0. The first-order valence-corrected chi connectivity index (χ1v) is 4.55. The van der Waals surface area contributed by atoms with Crippen molar-refractivity contribution >= 4 is 5.69 Å². The summed E-state index contributed by atoms with van der Waals surface area (Å²) in [7, 11) is 1.51. The van der Waals surface area contributed by atoms with Crippen LogP contribution in [-0.4, -0.2) is 21.8 Å². The summed E-state index contributed by atoms with van der Waals surface area (Å²) in [5, 5.41) is 14.8. The molecule has 0 radical (unpaired) electrons. The molecule has 2 rings (SSSR count). The van der Waals surface area contributed by atoms with Crippen LogP contribution in [0.15, 0.2) is 36.7 Å². The normalized spacial score (nSPS) is 10.1. The Hall–Kier alpha value is -2.37. The highest BCUT2D eigenvalue weighted by Crippen LogP contribution is 2.26. The van der Waals surface area contributed by atoms with Gasteiger partial charge in [0.2, 0.25) is 0 Å². The van der Waals surface area contributed by atoms with Crippen molar-refractivity contribution in [3.05, 3.63) is 46.8 Å². The molecule has 6 nitrogen and oxygen atoms in total. The molecule has 2 aromatic rings. The van der Waals surface area contributed by atoms with Crippen LogP contribution >= 0.6 is 0 Å². The van der Waals surface area contributed by atoms with Crippen LogP contribution in [0.5, 0.6) is 5.75 Å². The summed E-state index contributed by atoms with van der Waals surface area (Å²) >= 11 is 0. The molecule has 82 valence electrons. The maximum atomic E-state index is 10.8. The first-order chi connectivity index (χ1) is 7.72. The van der Waals surface area contributed by atoms with E-state index in [4.69, 9.17) is 4.74 Å². The van der Waals surface area contributed by atoms with Gasteiger partial charge in [0, 0.05) is 24.5 Å². The number of nitrogens with zero attached hydrogens (tertiary/aromatic N) is 3. The number of ether oxygens (including phenoxy) is 1. The Balaban J connectivity index is 2.59. The van der Waals surface area contributed by atoms with Gasteiger partial charge < -0.3 is 4.74 Å². The van der Waals surface area contributed by atoms with Crippen LogP contribution in [0.4, 0.5) is 5.69 Å². The van der Waals surface area contributed by atoms with E-state index in [9.17, 15) is 10.1 Å². The molecule has 0 aliphatic heterocycles. The van der Waals surface area contributed by atoms with Crippen molar-refractivity contribution in [3.8, 4) is 11.4 Å². The number of benzene rings is 1. The van der Waals surface area contributed by atoms with Gasteiger partial charge in [0.05, 0.1) is 12.0 Å². The average Bonchev–Trinajstić information content (AvgIpc) is 2.81. The third kappa shape index (κ3) is 1.72. The van der Waals surface area contributed by atoms with E-state index in [0.717, 1.165) is 0 Å². The van der Waals surface area contributed by atoms with Crippen LogP contribution in [0.1, 0.15) is 0 Å². The maximum absolute atomic E-state index is 10.8. The largest absolute Gasteiger partial charge is 0.497 e. The highest BCUT2D eigenvalue weighted by Gasteiger charge is 2.16. The summed E-state index contributed by atoms with van der Waals surface area (Å²) in [6.07, 6.45) is 3.20. The Kier molecular flexibility index (Phi) is 2.55.